The SMILES string of the molecule is CCCCCCCCCCC(=O)c1cnccc1C. The maximum absolute atomic E-state index is 12.0. The average molecular weight is 261 g/mol. The molecular weight excluding hydrogens is 234 g/mol. The van der Waals surface area contributed by atoms with E-state index in [1.807, 2.05) is 13.0 Å². The van der Waals surface area contributed by atoms with Crippen LogP contribution in [0, 0.1) is 6.92 Å². The third-order valence-corrected chi connectivity index (χ3v) is 3.60. The van der Waals surface area contributed by atoms with Crippen molar-refractivity contribution in [3.05, 3.63) is 29.6 Å². The van der Waals surface area contributed by atoms with Crippen LogP contribution < -0.4 is 0 Å². The third kappa shape index (κ3) is 6.51. The van der Waals surface area contributed by atoms with Crippen molar-refractivity contribution in [2.24, 2.45) is 0 Å². The second-order valence-corrected chi connectivity index (χ2v) is 5.34. The Balaban J connectivity index is 2.10. The Morgan fingerprint density at radius 2 is 1.68 bits per heavy atom. The van der Waals surface area contributed by atoms with E-state index >= 15 is 0 Å². The number of carbonyl (C=O) groups is 1. The summed E-state index contributed by atoms with van der Waals surface area (Å²) in [6.07, 6.45) is 14.3. The number of Topliss-reactive ketones (excluding diaryl/α,β-unsaturated/α-hetero) is 1. The Labute approximate surface area is 117 Å². The largest absolute Gasteiger partial charge is 0.294 e. The second-order valence-electron chi connectivity index (χ2n) is 5.34. The van der Waals surface area contributed by atoms with Crippen molar-refractivity contribution in [3.63, 3.8) is 0 Å². The van der Waals surface area contributed by atoms with Crippen molar-refractivity contribution >= 4 is 5.78 Å². The molecule has 19 heavy (non-hydrogen) atoms. The molecule has 0 saturated carbocycles. The summed E-state index contributed by atoms with van der Waals surface area (Å²) in [5.41, 5.74) is 1.84. The Bertz CT molecular complexity index is 373. The quantitative estimate of drug-likeness (QED) is 0.433. The van der Waals surface area contributed by atoms with Gasteiger partial charge in [-0.1, -0.05) is 51.9 Å². The smallest absolute Gasteiger partial charge is 0.164 e. The van der Waals surface area contributed by atoms with Crippen molar-refractivity contribution in [2.45, 2.75) is 71.6 Å². The van der Waals surface area contributed by atoms with Gasteiger partial charge < -0.3 is 0 Å². The highest BCUT2D eigenvalue weighted by Gasteiger charge is 2.08. The van der Waals surface area contributed by atoms with Crippen LogP contribution >= 0.6 is 0 Å². The molecule has 0 spiro atoms. The molecule has 1 aromatic heterocycles. The fraction of sp³-hybridized carbons (Fsp3) is 0.647. The molecular formula is C17H27NO. The van der Waals surface area contributed by atoms with Crippen molar-refractivity contribution in [3.8, 4) is 0 Å². The number of ketones is 1. The van der Waals surface area contributed by atoms with Crippen LogP contribution in [0.1, 0.15) is 80.6 Å². The maximum atomic E-state index is 12.0. The highest BCUT2D eigenvalue weighted by molar-refractivity contribution is 5.97. The monoisotopic (exact) mass is 261 g/mol. The zero-order chi connectivity index (χ0) is 13.9. The summed E-state index contributed by atoms with van der Waals surface area (Å²) in [4.78, 5) is 16.0. The normalized spacial score (nSPS) is 10.6. The standard InChI is InChI=1S/C17H27NO/c1-3-4-5-6-7-8-9-10-11-17(19)16-14-18-13-12-15(16)2/h12-14H,3-11H2,1-2H3. The predicted molar refractivity (Wildman–Crippen MR) is 80.5 cm³/mol. The number of hydrogen-bond donors (Lipinski definition) is 0. The average Bonchev–Trinajstić information content (AvgIpc) is 2.42. The Morgan fingerprint density at radius 3 is 2.32 bits per heavy atom. The summed E-state index contributed by atoms with van der Waals surface area (Å²) in [7, 11) is 0. The Hall–Kier alpha value is -1.18. The lowest BCUT2D eigenvalue weighted by Crippen LogP contribution is -2.02. The molecule has 0 bridgehead atoms. The molecule has 1 aromatic rings. The molecule has 0 aliphatic rings. The first-order chi connectivity index (χ1) is 9.25. The van der Waals surface area contributed by atoms with Crippen LogP contribution in [0.3, 0.4) is 0 Å². The lowest BCUT2D eigenvalue weighted by molar-refractivity contribution is 0.0978. The van der Waals surface area contributed by atoms with Crippen LogP contribution in [0.25, 0.3) is 0 Å². The van der Waals surface area contributed by atoms with E-state index in [0.717, 1.165) is 17.5 Å². The molecule has 0 unspecified atom stereocenters. The van der Waals surface area contributed by atoms with Crippen LogP contribution in [0.4, 0.5) is 0 Å². The topological polar surface area (TPSA) is 30.0 Å². The number of rotatable bonds is 10. The second kappa shape index (κ2) is 9.71. The minimum Gasteiger partial charge on any atom is -0.294 e. The van der Waals surface area contributed by atoms with E-state index in [9.17, 15) is 4.79 Å². The number of nitrogens with zero attached hydrogens (tertiary/aromatic N) is 1. The summed E-state index contributed by atoms with van der Waals surface area (Å²) >= 11 is 0. The number of hydrogen-bond acceptors (Lipinski definition) is 2. The van der Waals surface area contributed by atoms with Gasteiger partial charge in [-0.3, -0.25) is 9.78 Å². The molecule has 0 saturated heterocycles. The minimum absolute atomic E-state index is 0.247. The first kappa shape index (κ1) is 15.9. The van der Waals surface area contributed by atoms with Crippen LogP contribution in [0.5, 0.6) is 0 Å². The zero-order valence-corrected chi connectivity index (χ0v) is 12.5. The number of pyridine rings is 1. The number of aryl methyl sites for hydroxylation is 1. The molecule has 2 heteroatoms. The molecule has 0 aromatic carbocycles. The van der Waals surface area contributed by atoms with Gasteiger partial charge in [0.25, 0.3) is 0 Å². The molecule has 0 atom stereocenters. The van der Waals surface area contributed by atoms with Gasteiger partial charge in [0.15, 0.2) is 5.78 Å². The fourth-order valence-corrected chi connectivity index (χ4v) is 2.31. The van der Waals surface area contributed by atoms with E-state index in [2.05, 4.69) is 11.9 Å². The van der Waals surface area contributed by atoms with Crippen molar-refractivity contribution < 1.29 is 4.79 Å². The lowest BCUT2D eigenvalue weighted by atomic mass is 10.0. The molecule has 0 aliphatic heterocycles. The summed E-state index contributed by atoms with van der Waals surface area (Å²) in [6, 6.07) is 1.90. The van der Waals surface area contributed by atoms with Gasteiger partial charge in [-0.15, -0.1) is 0 Å². The van der Waals surface area contributed by atoms with Gasteiger partial charge in [0.1, 0.15) is 0 Å². The summed E-state index contributed by atoms with van der Waals surface area (Å²) in [6.45, 7) is 4.22. The molecule has 0 fully saturated rings. The molecule has 1 heterocycles. The lowest BCUT2D eigenvalue weighted by Gasteiger charge is -2.04. The van der Waals surface area contributed by atoms with E-state index < -0.39 is 0 Å². The molecule has 0 radical (unpaired) electrons. The van der Waals surface area contributed by atoms with Gasteiger partial charge in [0.05, 0.1) is 0 Å². The Kier molecular flexibility index (Phi) is 8.11. The molecule has 0 N–H and O–H groups in total. The number of carbonyl (C=O) groups excluding carboxylic acids is 1. The Morgan fingerprint density at radius 1 is 1.05 bits per heavy atom. The van der Waals surface area contributed by atoms with Crippen LogP contribution in [0.15, 0.2) is 18.5 Å². The first-order valence-electron chi connectivity index (χ1n) is 7.69. The van der Waals surface area contributed by atoms with Gasteiger partial charge in [-0.2, -0.15) is 0 Å². The summed E-state index contributed by atoms with van der Waals surface area (Å²) < 4.78 is 0. The van der Waals surface area contributed by atoms with E-state index in [1.54, 1.807) is 12.4 Å². The molecule has 0 amide bonds. The molecule has 0 aliphatic carbocycles. The summed E-state index contributed by atoms with van der Waals surface area (Å²) in [5, 5.41) is 0. The van der Waals surface area contributed by atoms with Gasteiger partial charge in [-0.25, -0.2) is 0 Å². The van der Waals surface area contributed by atoms with Gasteiger partial charge in [0, 0.05) is 24.4 Å². The third-order valence-electron chi connectivity index (χ3n) is 3.60. The van der Waals surface area contributed by atoms with Crippen LogP contribution in [-0.2, 0) is 0 Å². The van der Waals surface area contributed by atoms with Crippen molar-refractivity contribution in [1.82, 2.24) is 4.98 Å². The van der Waals surface area contributed by atoms with Crippen LogP contribution in [0.2, 0.25) is 0 Å². The van der Waals surface area contributed by atoms with E-state index in [1.165, 1.54) is 44.9 Å². The highest BCUT2D eigenvalue weighted by Crippen LogP contribution is 2.13. The van der Waals surface area contributed by atoms with E-state index in [0.29, 0.717) is 6.42 Å². The minimum atomic E-state index is 0.247. The molecule has 1 rings (SSSR count). The van der Waals surface area contributed by atoms with E-state index in [-0.39, 0.29) is 5.78 Å². The van der Waals surface area contributed by atoms with Crippen molar-refractivity contribution in [2.75, 3.05) is 0 Å². The van der Waals surface area contributed by atoms with Gasteiger partial charge >= 0.3 is 0 Å². The highest BCUT2D eigenvalue weighted by atomic mass is 16.1. The first-order valence-corrected chi connectivity index (χ1v) is 7.69. The predicted octanol–water partition coefficient (Wildman–Crippen LogP) is 5.10. The molecule has 2 nitrogen and oxygen atoms in total. The van der Waals surface area contributed by atoms with Crippen LogP contribution in [-0.4, -0.2) is 10.8 Å². The van der Waals surface area contributed by atoms with Gasteiger partial charge in [0.2, 0.25) is 0 Å². The summed E-state index contributed by atoms with van der Waals surface area (Å²) in [5.74, 6) is 0.247. The number of aromatic nitrogens is 1. The zero-order valence-electron chi connectivity index (χ0n) is 12.5. The van der Waals surface area contributed by atoms with Crippen molar-refractivity contribution in [1.29, 1.82) is 0 Å². The fourth-order valence-electron chi connectivity index (χ4n) is 2.31. The van der Waals surface area contributed by atoms with E-state index in [4.69, 9.17) is 0 Å². The molecule has 106 valence electrons. The number of unbranched alkanes of at least 4 members (excludes halogenated alkanes) is 7. The van der Waals surface area contributed by atoms with Gasteiger partial charge in [-0.05, 0) is 25.0 Å². The maximum Gasteiger partial charge on any atom is 0.164 e.